The van der Waals surface area contributed by atoms with E-state index in [1.165, 1.54) is 11.8 Å². The number of aryl methyl sites for hydroxylation is 1. The largest absolute Gasteiger partial charge is 0.321 e. The number of para-hydroxylation sites is 1. The number of hydrogen-bond acceptors (Lipinski definition) is 3. The average molecular weight is 385 g/mol. The molecule has 0 fully saturated rings. The van der Waals surface area contributed by atoms with Crippen molar-refractivity contribution in [2.24, 2.45) is 0 Å². The van der Waals surface area contributed by atoms with Gasteiger partial charge in [-0.1, -0.05) is 37.3 Å². The Morgan fingerprint density at radius 1 is 1.10 bits per heavy atom. The summed E-state index contributed by atoms with van der Waals surface area (Å²) in [7, 11) is 0. The smallest absolute Gasteiger partial charge is 0.274 e. The third-order valence-corrected chi connectivity index (χ3v) is 5.29. The molecule has 29 heavy (non-hydrogen) atoms. The minimum Gasteiger partial charge on any atom is -0.321 e. The Morgan fingerprint density at radius 3 is 2.62 bits per heavy atom. The maximum Gasteiger partial charge on any atom is 0.274 e. The van der Waals surface area contributed by atoms with Crippen molar-refractivity contribution in [2.45, 2.75) is 32.7 Å². The molecule has 0 saturated carbocycles. The Balaban J connectivity index is 1.55. The van der Waals surface area contributed by atoms with Crippen LogP contribution in [-0.2, 0) is 12.8 Å². The molecule has 0 bridgehead atoms. The lowest BCUT2D eigenvalue weighted by Crippen LogP contribution is -2.35. The quantitative estimate of drug-likeness (QED) is 0.720. The van der Waals surface area contributed by atoms with Gasteiger partial charge in [0.05, 0.1) is 0 Å². The highest BCUT2D eigenvalue weighted by atomic mass is 16.2. The van der Waals surface area contributed by atoms with Crippen LogP contribution in [0.25, 0.3) is 0 Å². The molecular weight excluding hydrogens is 362 g/mol. The molecule has 0 spiro atoms. The van der Waals surface area contributed by atoms with Crippen LogP contribution in [0.4, 0.5) is 11.4 Å². The van der Waals surface area contributed by atoms with Crippen LogP contribution in [-0.4, -0.2) is 22.8 Å². The summed E-state index contributed by atoms with van der Waals surface area (Å²) in [5.41, 5.74) is 4.67. The maximum atomic E-state index is 13.2. The fraction of sp³-hybridized carbons (Fsp3) is 0.208. The molecule has 5 heteroatoms. The van der Waals surface area contributed by atoms with Gasteiger partial charge in [0.25, 0.3) is 11.8 Å². The zero-order valence-electron chi connectivity index (χ0n) is 16.6. The first-order chi connectivity index (χ1) is 14.1. The number of rotatable bonds is 4. The van der Waals surface area contributed by atoms with Crippen molar-refractivity contribution in [1.29, 1.82) is 0 Å². The third kappa shape index (κ3) is 3.76. The second-order valence-electron chi connectivity index (χ2n) is 7.29. The molecule has 5 nitrogen and oxygen atoms in total. The van der Waals surface area contributed by atoms with E-state index >= 15 is 0 Å². The highest BCUT2D eigenvalue weighted by Crippen LogP contribution is 2.33. The van der Waals surface area contributed by atoms with Gasteiger partial charge in [0.1, 0.15) is 5.69 Å². The highest BCUT2D eigenvalue weighted by Gasteiger charge is 2.31. The minimum absolute atomic E-state index is 0.0717. The zero-order chi connectivity index (χ0) is 20.4. The van der Waals surface area contributed by atoms with Crippen molar-refractivity contribution in [1.82, 2.24) is 4.98 Å². The number of nitrogens with zero attached hydrogens (tertiary/aromatic N) is 2. The lowest BCUT2D eigenvalue weighted by atomic mass is 10.1. The molecule has 2 aromatic carbocycles. The first-order valence-corrected chi connectivity index (χ1v) is 9.84. The summed E-state index contributed by atoms with van der Waals surface area (Å²) in [6.45, 7) is 4.12. The highest BCUT2D eigenvalue weighted by molar-refractivity contribution is 6.10. The number of anilines is 2. The lowest BCUT2D eigenvalue weighted by molar-refractivity contribution is 0.0981. The summed E-state index contributed by atoms with van der Waals surface area (Å²) in [5, 5.41) is 2.84. The van der Waals surface area contributed by atoms with E-state index in [9.17, 15) is 9.59 Å². The second kappa shape index (κ2) is 7.87. The SMILES string of the molecule is CCc1ccc(NC(=O)c2cc(C(=O)N3c4ccccc4CC3C)ccn2)cc1. The summed E-state index contributed by atoms with van der Waals surface area (Å²) >= 11 is 0. The van der Waals surface area contributed by atoms with E-state index < -0.39 is 0 Å². The first-order valence-electron chi connectivity index (χ1n) is 9.84. The van der Waals surface area contributed by atoms with E-state index in [1.54, 1.807) is 17.0 Å². The van der Waals surface area contributed by atoms with Crippen molar-refractivity contribution in [3.05, 3.63) is 89.2 Å². The number of fused-ring (bicyclic) bond motifs is 1. The van der Waals surface area contributed by atoms with Gasteiger partial charge in [-0.25, -0.2) is 0 Å². The molecule has 3 aromatic rings. The van der Waals surface area contributed by atoms with Crippen molar-refractivity contribution >= 4 is 23.2 Å². The van der Waals surface area contributed by atoms with Gasteiger partial charge in [-0.3, -0.25) is 14.6 Å². The third-order valence-electron chi connectivity index (χ3n) is 5.29. The van der Waals surface area contributed by atoms with Crippen molar-refractivity contribution < 1.29 is 9.59 Å². The molecule has 1 unspecified atom stereocenters. The van der Waals surface area contributed by atoms with Crippen molar-refractivity contribution in [3.63, 3.8) is 0 Å². The van der Waals surface area contributed by atoms with Crippen LogP contribution in [0, 0.1) is 0 Å². The Morgan fingerprint density at radius 2 is 1.86 bits per heavy atom. The summed E-state index contributed by atoms with van der Waals surface area (Å²) in [4.78, 5) is 31.8. The first kappa shape index (κ1) is 18.9. The van der Waals surface area contributed by atoms with Gasteiger partial charge >= 0.3 is 0 Å². The summed E-state index contributed by atoms with van der Waals surface area (Å²) in [6.07, 6.45) is 3.28. The maximum absolute atomic E-state index is 13.2. The second-order valence-corrected chi connectivity index (χ2v) is 7.29. The minimum atomic E-state index is -0.334. The number of pyridine rings is 1. The van der Waals surface area contributed by atoms with Gasteiger partial charge in [0, 0.05) is 29.2 Å². The van der Waals surface area contributed by atoms with E-state index in [-0.39, 0.29) is 23.6 Å². The van der Waals surface area contributed by atoms with Crippen molar-refractivity contribution in [3.8, 4) is 0 Å². The number of amides is 2. The molecule has 1 aliphatic rings. The van der Waals surface area contributed by atoms with E-state index in [4.69, 9.17) is 0 Å². The topological polar surface area (TPSA) is 62.3 Å². The van der Waals surface area contributed by atoms with Crippen LogP contribution in [0.2, 0.25) is 0 Å². The Kier molecular flexibility index (Phi) is 5.12. The molecular formula is C24H23N3O2. The zero-order valence-corrected chi connectivity index (χ0v) is 16.6. The van der Waals surface area contributed by atoms with Gasteiger partial charge in [-0.2, -0.15) is 0 Å². The van der Waals surface area contributed by atoms with Crippen LogP contribution in [0.3, 0.4) is 0 Å². The fourth-order valence-electron chi connectivity index (χ4n) is 3.72. The molecule has 2 heterocycles. The predicted octanol–water partition coefficient (Wildman–Crippen LogP) is 4.49. The monoisotopic (exact) mass is 385 g/mol. The summed E-state index contributed by atoms with van der Waals surface area (Å²) in [5.74, 6) is -0.454. The molecule has 1 N–H and O–H groups in total. The van der Waals surface area contributed by atoms with E-state index in [1.807, 2.05) is 55.5 Å². The molecule has 2 amide bonds. The Labute approximate surface area is 170 Å². The van der Waals surface area contributed by atoms with Gasteiger partial charge < -0.3 is 10.2 Å². The standard InChI is InChI=1S/C24H23N3O2/c1-3-17-8-10-20(11-9-17)26-23(28)21-15-19(12-13-25-21)24(29)27-16(2)14-18-6-4-5-7-22(18)27/h4-13,15-16H,3,14H2,1-2H3,(H,26,28). The van der Waals surface area contributed by atoms with Gasteiger partial charge in [-0.15, -0.1) is 0 Å². The van der Waals surface area contributed by atoms with Crippen LogP contribution in [0.1, 0.15) is 45.8 Å². The van der Waals surface area contributed by atoms with Gasteiger partial charge in [0.2, 0.25) is 0 Å². The Hall–Kier alpha value is -3.47. The molecule has 1 atom stereocenters. The van der Waals surface area contributed by atoms with Crippen molar-refractivity contribution in [2.75, 3.05) is 10.2 Å². The number of nitrogens with one attached hydrogen (secondary N) is 1. The summed E-state index contributed by atoms with van der Waals surface area (Å²) < 4.78 is 0. The van der Waals surface area contributed by atoms with E-state index in [0.29, 0.717) is 11.3 Å². The number of aromatic nitrogens is 1. The van der Waals surface area contributed by atoms with Crippen LogP contribution in [0.15, 0.2) is 66.9 Å². The van der Waals surface area contributed by atoms with Gasteiger partial charge in [-0.05, 0) is 61.2 Å². The number of carbonyl (C=O) groups excluding carboxylic acids is 2. The van der Waals surface area contributed by atoms with Crippen LogP contribution in [0.5, 0.6) is 0 Å². The molecule has 1 aliphatic heterocycles. The number of hydrogen-bond donors (Lipinski definition) is 1. The molecule has 0 saturated heterocycles. The van der Waals surface area contributed by atoms with E-state index in [0.717, 1.165) is 24.1 Å². The fourth-order valence-corrected chi connectivity index (χ4v) is 3.72. The number of carbonyl (C=O) groups is 2. The Bertz CT molecular complexity index is 1060. The van der Waals surface area contributed by atoms with Crippen LogP contribution >= 0.6 is 0 Å². The van der Waals surface area contributed by atoms with Gasteiger partial charge in [0.15, 0.2) is 0 Å². The molecule has 1 aromatic heterocycles. The molecule has 0 radical (unpaired) electrons. The molecule has 0 aliphatic carbocycles. The average Bonchev–Trinajstić information content (AvgIpc) is 3.09. The molecule has 4 rings (SSSR count). The number of benzene rings is 2. The molecule has 146 valence electrons. The predicted molar refractivity (Wildman–Crippen MR) is 114 cm³/mol. The normalized spacial score (nSPS) is 15.1. The van der Waals surface area contributed by atoms with Crippen LogP contribution < -0.4 is 10.2 Å². The van der Waals surface area contributed by atoms with E-state index in [2.05, 4.69) is 17.2 Å². The lowest BCUT2D eigenvalue weighted by Gasteiger charge is -2.23. The summed E-state index contributed by atoms with van der Waals surface area (Å²) in [6, 6.07) is 18.9.